The van der Waals surface area contributed by atoms with Crippen molar-refractivity contribution in [2.24, 2.45) is 14.1 Å². The van der Waals surface area contributed by atoms with Crippen LogP contribution in [0.15, 0.2) is 24.8 Å². The van der Waals surface area contributed by atoms with Crippen molar-refractivity contribution in [3.05, 3.63) is 58.5 Å². The lowest BCUT2D eigenvalue weighted by molar-refractivity contribution is 0.888. The van der Waals surface area contributed by atoms with Crippen LogP contribution in [0.4, 0.5) is 0 Å². The van der Waals surface area contributed by atoms with Gasteiger partial charge in [0, 0.05) is 61.0 Å². The minimum atomic E-state index is 0.499. The first-order valence-electron chi connectivity index (χ1n) is 9.47. The predicted octanol–water partition coefficient (Wildman–Crippen LogP) is -1.24. The molecule has 4 heterocycles. The Morgan fingerprint density at radius 2 is 1.17 bits per heavy atom. The van der Waals surface area contributed by atoms with Gasteiger partial charge in [0.15, 0.2) is 11.6 Å². The molecule has 0 saturated heterocycles. The van der Waals surface area contributed by atoms with Gasteiger partial charge < -0.3 is 18.1 Å². The maximum Gasteiger partial charge on any atom is 0.223 e. The number of hydrogen-bond acceptors (Lipinski definition) is 4. The van der Waals surface area contributed by atoms with Crippen LogP contribution in [0, 0.1) is 36.5 Å². The Morgan fingerprint density at radius 1 is 0.800 bits per heavy atom. The van der Waals surface area contributed by atoms with Crippen molar-refractivity contribution in [2.75, 3.05) is 0 Å². The molecule has 0 N–H and O–H groups in total. The molecule has 0 saturated carbocycles. The van der Waals surface area contributed by atoms with Gasteiger partial charge in [-0.25, -0.2) is 9.97 Å². The van der Waals surface area contributed by atoms with Gasteiger partial charge >= 0.3 is 0 Å². The van der Waals surface area contributed by atoms with E-state index < -0.39 is 0 Å². The van der Waals surface area contributed by atoms with Gasteiger partial charge in [0.05, 0.1) is 10.7 Å². The molecule has 0 amide bonds. The van der Waals surface area contributed by atoms with Gasteiger partial charge in [-0.2, -0.15) is 10.5 Å². The van der Waals surface area contributed by atoms with Crippen molar-refractivity contribution in [1.82, 2.24) is 28.1 Å². The molecule has 0 atom stereocenters. The van der Waals surface area contributed by atoms with Crippen molar-refractivity contribution >= 4 is 37.9 Å². The Kier molecular flexibility index (Phi) is 4.43. The van der Waals surface area contributed by atoms with E-state index >= 15 is 0 Å². The maximum atomic E-state index is 10.0. The highest BCUT2D eigenvalue weighted by molar-refractivity contribution is 6.14. The van der Waals surface area contributed by atoms with E-state index in [0.29, 0.717) is 22.8 Å². The van der Waals surface area contributed by atoms with Crippen LogP contribution < -0.4 is 10.7 Å². The van der Waals surface area contributed by atoms with Crippen molar-refractivity contribution < 1.29 is 0 Å². The molecule has 30 heavy (non-hydrogen) atoms. The lowest BCUT2D eigenvalue weighted by atomic mass is 10.1. The van der Waals surface area contributed by atoms with E-state index in [2.05, 4.69) is 22.1 Å². The van der Waals surface area contributed by atoms with E-state index in [9.17, 15) is 10.5 Å². The van der Waals surface area contributed by atoms with Crippen LogP contribution in [0.1, 0.15) is 23.0 Å². The summed E-state index contributed by atoms with van der Waals surface area (Å²) in [6.07, 6.45) is 7.02. The minimum absolute atomic E-state index is 0.499. The Labute approximate surface area is 175 Å². The first kappa shape index (κ1) is 19.4. The molecule has 0 unspecified atom stereocenters. The van der Waals surface area contributed by atoms with Gasteiger partial charge in [0.2, 0.25) is 16.0 Å². The van der Waals surface area contributed by atoms with E-state index in [1.807, 2.05) is 74.4 Å². The van der Waals surface area contributed by atoms with Crippen LogP contribution in [0.5, 0.6) is 0 Å². The molecule has 0 aliphatic carbocycles. The van der Waals surface area contributed by atoms with Crippen LogP contribution in [0.25, 0.3) is 21.9 Å². The second kappa shape index (κ2) is 6.85. The average Bonchev–Trinajstić information content (AvgIpc) is 3.45. The summed E-state index contributed by atoms with van der Waals surface area (Å²) < 4.78 is 7.71. The zero-order valence-electron chi connectivity index (χ0n) is 17.9. The number of hydrogen-bond donors (Lipinski definition) is 0. The van der Waals surface area contributed by atoms with Gasteiger partial charge in [-0.1, -0.05) is 0 Å². The Balaban J connectivity index is 2.33. The summed E-state index contributed by atoms with van der Waals surface area (Å²) in [5.74, 6) is 1.22. The van der Waals surface area contributed by atoms with Gasteiger partial charge in [-0.3, -0.25) is 0 Å². The fraction of sp³-hybridized carbons (Fsp3) is 0.200. The maximum absolute atomic E-state index is 10.0. The van der Waals surface area contributed by atoms with Crippen LogP contribution in [-0.2, 0) is 14.1 Å². The minimum Gasteiger partial charge on any atom is -0.395 e. The van der Waals surface area contributed by atoms with E-state index in [4.69, 9.17) is 0 Å². The predicted molar refractivity (Wildman–Crippen MR) is 119 cm³/mol. The Hall–Kier alpha value is -3.91. The van der Waals surface area contributed by atoms with Crippen LogP contribution in [-0.4, -0.2) is 44.0 Å². The summed E-state index contributed by atoms with van der Waals surface area (Å²) >= 11 is 0. The Morgan fingerprint density at radius 3 is 1.43 bits per heavy atom. The average molecular weight is 394 g/mol. The highest BCUT2D eigenvalue weighted by Gasteiger charge is 2.22. The third-order valence-corrected chi connectivity index (χ3v) is 5.91. The number of nitriles is 2. The lowest BCUT2D eigenvalue weighted by Gasteiger charge is -2.06. The third-order valence-electron chi connectivity index (χ3n) is 5.91. The van der Waals surface area contributed by atoms with Crippen molar-refractivity contribution in [1.29, 1.82) is 10.5 Å². The van der Waals surface area contributed by atoms with Gasteiger partial charge in [-0.15, -0.1) is 0 Å². The fourth-order valence-electron chi connectivity index (χ4n) is 4.16. The van der Waals surface area contributed by atoms with E-state index in [-0.39, 0.29) is 0 Å². The molecule has 146 valence electrons. The van der Waals surface area contributed by atoms with Crippen LogP contribution in [0.2, 0.25) is 0 Å². The first-order chi connectivity index (χ1) is 14.3. The topological polar surface area (TPSA) is 93.1 Å². The molecule has 0 bridgehead atoms. The lowest BCUT2D eigenvalue weighted by Crippen LogP contribution is -2.24. The van der Waals surface area contributed by atoms with Crippen LogP contribution >= 0.6 is 0 Å². The molecule has 0 radical (unpaired) electrons. The van der Waals surface area contributed by atoms with E-state index in [1.165, 1.54) is 0 Å². The normalized spacial score (nSPS) is 13.3. The quantitative estimate of drug-likeness (QED) is 0.398. The summed E-state index contributed by atoms with van der Waals surface area (Å²) in [4.78, 5) is 8.79. The second-order valence-electron chi connectivity index (χ2n) is 7.43. The first-order valence-corrected chi connectivity index (χ1v) is 9.47. The molecule has 4 rings (SSSR count). The monoisotopic (exact) mass is 394 g/mol. The van der Waals surface area contributed by atoms with Crippen molar-refractivity contribution in [3.63, 3.8) is 0 Å². The largest absolute Gasteiger partial charge is 0.395 e. The molecular formula is C20H20B2N8. The molecule has 0 spiro atoms. The standard InChI is InChI=1S/C20H20B2N8/c1-11-15-16(18(29(11)21)14(10-24)20-26-6-8-28(20)4)12(2)30(22)17(15)13(9-23)19-25-5-7-27(19)3/h5-8H,21-22H2,1-4H3/b17-13-,18-14-. The van der Waals surface area contributed by atoms with Gasteiger partial charge in [0.25, 0.3) is 0 Å². The highest BCUT2D eigenvalue weighted by atomic mass is 15.0. The second-order valence-corrected chi connectivity index (χ2v) is 7.43. The molecule has 0 aliphatic heterocycles. The summed E-state index contributed by atoms with van der Waals surface area (Å²) in [6, 6.07) is 4.72. The molecule has 0 aromatic carbocycles. The molecule has 0 fully saturated rings. The number of nitrogens with zero attached hydrogens (tertiary/aromatic N) is 8. The van der Waals surface area contributed by atoms with Crippen molar-refractivity contribution in [2.45, 2.75) is 13.8 Å². The van der Waals surface area contributed by atoms with Gasteiger partial charge in [-0.05, 0) is 13.8 Å². The number of aromatic nitrogens is 6. The molecule has 4 aromatic rings. The highest BCUT2D eigenvalue weighted by Crippen LogP contribution is 2.21. The van der Waals surface area contributed by atoms with E-state index in [1.54, 1.807) is 12.4 Å². The molecule has 10 heteroatoms. The smallest absolute Gasteiger partial charge is 0.223 e. The third kappa shape index (κ3) is 2.47. The summed E-state index contributed by atoms with van der Waals surface area (Å²) in [6.45, 7) is 4.02. The number of imidazole rings is 2. The summed E-state index contributed by atoms with van der Waals surface area (Å²) in [5, 5.41) is 23.6. The zero-order chi connectivity index (χ0) is 21.7. The molecule has 0 aliphatic rings. The molecular weight excluding hydrogens is 374 g/mol. The van der Waals surface area contributed by atoms with E-state index in [0.717, 1.165) is 32.9 Å². The van der Waals surface area contributed by atoms with Gasteiger partial charge in [0.1, 0.15) is 23.3 Å². The number of aryl methyl sites for hydroxylation is 4. The zero-order valence-corrected chi connectivity index (χ0v) is 17.9. The fourth-order valence-corrected chi connectivity index (χ4v) is 4.16. The number of rotatable bonds is 2. The molecule has 8 nitrogen and oxygen atoms in total. The van der Waals surface area contributed by atoms with Crippen LogP contribution in [0.3, 0.4) is 0 Å². The summed E-state index contributed by atoms with van der Waals surface area (Å²) in [5.41, 5.74) is 2.95. The summed E-state index contributed by atoms with van der Waals surface area (Å²) in [7, 11) is 7.64. The number of fused-ring (bicyclic) bond motifs is 1. The SMILES string of the molecule is Bn1c(C)c2/c(=C(\C#N)c3nccn3C)n(B)c(C)c2/c1=C(\C#N)c1nccn1C. The molecule has 4 aromatic heterocycles. The van der Waals surface area contributed by atoms with Crippen molar-refractivity contribution in [3.8, 4) is 12.1 Å². The Bertz CT molecular complexity index is 1410.